The number of pyridine rings is 1. The Labute approximate surface area is 165 Å². The normalized spacial score (nSPS) is 12.2. The molecular weight excluding hydrogens is 346 g/mol. The largest absolute Gasteiger partial charge is 0.497 e. The zero-order valence-electron chi connectivity index (χ0n) is 16.6. The summed E-state index contributed by atoms with van der Waals surface area (Å²) in [5.74, 6) is 0.863. The van der Waals surface area contributed by atoms with Crippen LogP contribution in [0.2, 0.25) is 0 Å². The van der Waals surface area contributed by atoms with Gasteiger partial charge in [-0.1, -0.05) is 44.2 Å². The van der Waals surface area contributed by atoms with Crippen molar-refractivity contribution in [1.29, 1.82) is 0 Å². The number of rotatable bonds is 6. The smallest absolute Gasteiger partial charge is 0.118 e. The summed E-state index contributed by atoms with van der Waals surface area (Å²) in [6.45, 7) is 4.35. The first-order chi connectivity index (χ1) is 13.7. The van der Waals surface area contributed by atoms with Crippen LogP contribution in [0.15, 0.2) is 67.3 Å². The van der Waals surface area contributed by atoms with E-state index < -0.39 is 0 Å². The van der Waals surface area contributed by atoms with Crippen molar-refractivity contribution in [3.05, 3.63) is 78.5 Å². The van der Waals surface area contributed by atoms with Gasteiger partial charge in [-0.05, 0) is 42.2 Å². The highest BCUT2D eigenvalue weighted by Crippen LogP contribution is 2.35. The minimum atomic E-state index is 0.217. The maximum Gasteiger partial charge on any atom is 0.118 e. The minimum Gasteiger partial charge on any atom is -0.497 e. The van der Waals surface area contributed by atoms with Crippen molar-refractivity contribution in [3.8, 4) is 16.9 Å². The summed E-state index contributed by atoms with van der Waals surface area (Å²) in [5, 5.41) is 1.18. The van der Waals surface area contributed by atoms with Gasteiger partial charge in [-0.3, -0.25) is 4.98 Å². The van der Waals surface area contributed by atoms with Crippen molar-refractivity contribution in [2.45, 2.75) is 32.7 Å². The molecule has 0 saturated carbocycles. The second-order valence-electron chi connectivity index (χ2n) is 6.92. The van der Waals surface area contributed by atoms with Gasteiger partial charge >= 0.3 is 0 Å². The highest BCUT2D eigenvalue weighted by Gasteiger charge is 2.18. The van der Waals surface area contributed by atoms with E-state index in [-0.39, 0.29) is 6.04 Å². The predicted octanol–water partition coefficient (Wildman–Crippen LogP) is 5.67. The molecule has 4 nitrogen and oxygen atoms in total. The lowest BCUT2D eigenvalue weighted by molar-refractivity contribution is 0.415. The fourth-order valence-electron chi connectivity index (χ4n) is 3.81. The Balaban J connectivity index is 1.92. The van der Waals surface area contributed by atoms with E-state index in [9.17, 15) is 0 Å². The van der Waals surface area contributed by atoms with Gasteiger partial charge in [0.25, 0.3) is 0 Å². The van der Waals surface area contributed by atoms with E-state index in [1.54, 1.807) is 7.11 Å². The van der Waals surface area contributed by atoms with Gasteiger partial charge in [-0.25, -0.2) is 4.98 Å². The fraction of sp³-hybridized carbons (Fsp3) is 0.250. The first-order valence-corrected chi connectivity index (χ1v) is 9.79. The van der Waals surface area contributed by atoms with Crippen LogP contribution in [0.4, 0.5) is 0 Å². The van der Waals surface area contributed by atoms with Gasteiger partial charge in [-0.15, -0.1) is 0 Å². The average Bonchev–Trinajstić information content (AvgIpc) is 3.28. The molecule has 4 rings (SSSR count). The summed E-state index contributed by atoms with van der Waals surface area (Å²) >= 11 is 0. The molecule has 0 radical (unpaired) electrons. The minimum absolute atomic E-state index is 0.217. The van der Waals surface area contributed by atoms with Crippen LogP contribution in [0, 0.1) is 0 Å². The monoisotopic (exact) mass is 371 g/mol. The lowest BCUT2D eigenvalue weighted by Gasteiger charge is -2.20. The number of ether oxygens (including phenoxy) is 1. The van der Waals surface area contributed by atoms with Crippen LogP contribution < -0.4 is 4.74 Å². The molecule has 0 spiro atoms. The molecule has 28 heavy (non-hydrogen) atoms. The Kier molecular flexibility index (Phi) is 5.11. The van der Waals surface area contributed by atoms with Gasteiger partial charge in [0.05, 0.1) is 25.0 Å². The third kappa shape index (κ3) is 3.26. The molecule has 1 atom stereocenters. The first kappa shape index (κ1) is 18.2. The Morgan fingerprint density at radius 1 is 1.00 bits per heavy atom. The number of fused-ring (bicyclic) bond motifs is 1. The highest BCUT2D eigenvalue weighted by atomic mass is 16.5. The van der Waals surface area contributed by atoms with Gasteiger partial charge in [0, 0.05) is 29.0 Å². The molecule has 142 valence electrons. The molecule has 0 saturated heterocycles. The second kappa shape index (κ2) is 7.85. The zero-order valence-corrected chi connectivity index (χ0v) is 16.6. The molecule has 0 aliphatic heterocycles. The number of nitrogens with zero attached hydrogens (tertiary/aromatic N) is 3. The second-order valence-corrected chi connectivity index (χ2v) is 6.92. The number of imidazole rings is 1. The summed E-state index contributed by atoms with van der Waals surface area (Å²) < 4.78 is 7.48. The molecule has 0 bridgehead atoms. The molecule has 4 aromatic rings. The summed E-state index contributed by atoms with van der Waals surface area (Å²) in [5.41, 5.74) is 5.79. The average molecular weight is 371 g/mol. The molecule has 0 fully saturated rings. The summed E-state index contributed by atoms with van der Waals surface area (Å²) in [7, 11) is 1.69. The number of aromatic nitrogens is 3. The summed E-state index contributed by atoms with van der Waals surface area (Å²) in [6.07, 6.45) is 7.65. The van der Waals surface area contributed by atoms with Gasteiger partial charge in [0.15, 0.2) is 0 Å². The molecule has 4 heteroatoms. The van der Waals surface area contributed by atoms with E-state index in [1.807, 2.05) is 30.9 Å². The maximum absolute atomic E-state index is 5.31. The highest BCUT2D eigenvalue weighted by molar-refractivity contribution is 5.96. The van der Waals surface area contributed by atoms with Crippen molar-refractivity contribution >= 4 is 10.9 Å². The van der Waals surface area contributed by atoms with Crippen molar-refractivity contribution < 1.29 is 4.74 Å². The number of hydrogen-bond acceptors (Lipinski definition) is 3. The Bertz CT molecular complexity index is 1070. The quantitative estimate of drug-likeness (QED) is 0.438. The maximum atomic E-state index is 5.31. The van der Waals surface area contributed by atoms with E-state index in [0.29, 0.717) is 0 Å². The zero-order chi connectivity index (χ0) is 19.5. The standard InChI is InChI=1S/C24H25N3O/c1-4-18-8-11-21-20(17-6-9-19(28-3)10-7-17)12-13-22(24(21)26-18)23(5-2)27-15-14-25-16-27/h6-16,23H,4-5H2,1-3H3. The number of benzene rings is 2. The molecule has 0 N–H and O–H groups in total. The fourth-order valence-corrected chi connectivity index (χ4v) is 3.81. The van der Waals surface area contributed by atoms with Gasteiger partial charge in [0.2, 0.25) is 0 Å². The number of aryl methyl sites for hydroxylation is 1. The molecule has 0 aliphatic rings. The molecule has 2 aromatic heterocycles. The number of methoxy groups -OCH3 is 1. The lowest BCUT2D eigenvalue weighted by atomic mass is 9.93. The Hall–Kier alpha value is -3.14. The van der Waals surface area contributed by atoms with Crippen LogP contribution in [0.25, 0.3) is 22.0 Å². The Morgan fingerprint density at radius 3 is 2.46 bits per heavy atom. The molecule has 0 amide bonds. The van der Waals surface area contributed by atoms with Crippen LogP contribution in [-0.2, 0) is 6.42 Å². The van der Waals surface area contributed by atoms with E-state index in [0.717, 1.165) is 29.8 Å². The Morgan fingerprint density at radius 2 is 1.82 bits per heavy atom. The first-order valence-electron chi connectivity index (χ1n) is 9.79. The SMILES string of the molecule is CCc1ccc2c(-c3ccc(OC)cc3)ccc(C(CC)n3ccnc3)c2n1. The molecule has 0 aliphatic carbocycles. The van der Waals surface area contributed by atoms with Crippen molar-refractivity contribution in [2.75, 3.05) is 7.11 Å². The van der Waals surface area contributed by atoms with E-state index >= 15 is 0 Å². The predicted molar refractivity (Wildman–Crippen MR) is 114 cm³/mol. The van der Waals surface area contributed by atoms with E-state index in [2.05, 4.69) is 59.8 Å². The van der Waals surface area contributed by atoms with Crippen molar-refractivity contribution in [1.82, 2.24) is 14.5 Å². The van der Waals surface area contributed by atoms with Crippen LogP contribution in [-0.4, -0.2) is 21.6 Å². The van der Waals surface area contributed by atoms with Gasteiger partial charge < -0.3 is 9.30 Å². The van der Waals surface area contributed by atoms with Crippen LogP contribution in [0.3, 0.4) is 0 Å². The summed E-state index contributed by atoms with van der Waals surface area (Å²) in [4.78, 5) is 9.28. The topological polar surface area (TPSA) is 39.9 Å². The van der Waals surface area contributed by atoms with Crippen LogP contribution in [0.1, 0.15) is 37.6 Å². The molecule has 2 heterocycles. The molecule has 1 unspecified atom stereocenters. The molecular formula is C24H25N3O. The van der Waals surface area contributed by atoms with Crippen molar-refractivity contribution in [2.24, 2.45) is 0 Å². The number of hydrogen-bond donors (Lipinski definition) is 0. The van der Waals surface area contributed by atoms with Gasteiger partial charge in [-0.2, -0.15) is 0 Å². The summed E-state index contributed by atoms with van der Waals surface area (Å²) in [6, 6.07) is 17.2. The van der Waals surface area contributed by atoms with Crippen LogP contribution in [0.5, 0.6) is 5.75 Å². The lowest BCUT2D eigenvalue weighted by Crippen LogP contribution is -2.09. The van der Waals surface area contributed by atoms with E-state index in [4.69, 9.17) is 9.72 Å². The third-order valence-corrected chi connectivity index (χ3v) is 5.34. The third-order valence-electron chi connectivity index (χ3n) is 5.34. The van der Waals surface area contributed by atoms with E-state index in [1.165, 1.54) is 22.1 Å². The van der Waals surface area contributed by atoms with Crippen molar-refractivity contribution in [3.63, 3.8) is 0 Å². The molecule has 2 aromatic carbocycles. The van der Waals surface area contributed by atoms with Gasteiger partial charge in [0.1, 0.15) is 5.75 Å². The van der Waals surface area contributed by atoms with Crippen LogP contribution >= 0.6 is 0 Å².